The first-order valence-corrected chi connectivity index (χ1v) is 4.40. The number of aromatic nitrogens is 1. The smallest absolute Gasteiger partial charge is 0.235 e. The highest BCUT2D eigenvalue weighted by Gasteiger charge is 2.45. The maximum Gasteiger partial charge on any atom is 0.235 e. The molecule has 4 heteroatoms. The average Bonchev–Trinajstić information content (AvgIpc) is 3.00. The van der Waals surface area contributed by atoms with Gasteiger partial charge >= 0.3 is 0 Å². The molecule has 0 amide bonds. The fraction of sp³-hybridized carbons (Fsp3) is 0.400. The Morgan fingerprint density at radius 3 is 3.00 bits per heavy atom. The normalized spacial score (nSPS) is 16.9. The lowest BCUT2D eigenvalue weighted by Crippen LogP contribution is -2.02. The van der Waals surface area contributed by atoms with Gasteiger partial charge in [0.05, 0.1) is 12.6 Å². The number of hydrogen-bond acceptors (Lipinski definition) is 4. The average molecular weight is 190 g/mol. The van der Waals surface area contributed by atoms with E-state index in [2.05, 4.69) is 9.98 Å². The number of methoxy groups -OCH3 is 1. The molecule has 1 aromatic heterocycles. The summed E-state index contributed by atoms with van der Waals surface area (Å²) in [6.45, 7) is 0. The van der Waals surface area contributed by atoms with Crippen molar-refractivity contribution < 1.29 is 9.53 Å². The van der Waals surface area contributed by atoms with Gasteiger partial charge in [0.2, 0.25) is 12.0 Å². The molecule has 1 fully saturated rings. The minimum atomic E-state index is -0.335. The molecular formula is C10H10N2O2. The number of rotatable bonds is 3. The minimum Gasteiger partial charge on any atom is -0.481 e. The summed E-state index contributed by atoms with van der Waals surface area (Å²) in [5.74, 6) is 0.551. The topological polar surface area (TPSA) is 51.5 Å². The van der Waals surface area contributed by atoms with Crippen LogP contribution < -0.4 is 4.74 Å². The molecule has 0 saturated heterocycles. The SMILES string of the molecule is COc1cc(C2(N=C=O)CC2)ccn1. The van der Waals surface area contributed by atoms with Crippen molar-refractivity contribution in [2.75, 3.05) is 7.11 Å². The largest absolute Gasteiger partial charge is 0.481 e. The highest BCUT2D eigenvalue weighted by Crippen LogP contribution is 2.49. The van der Waals surface area contributed by atoms with E-state index in [0.717, 1.165) is 18.4 Å². The third-order valence-corrected chi connectivity index (χ3v) is 2.46. The quantitative estimate of drug-likeness (QED) is 0.535. The van der Waals surface area contributed by atoms with Gasteiger partial charge < -0.3 is 4.74 Å². The highest BCUT2D eigenvalue weighted by atomic mass is 16.5. The van der Waals surface area contributed by atoms with Gasteiger partial charge in [-0.25, -0.2) is 9.78 Å². The van der Waals surface area contributed by atoms with Crippen molar-refractivity contribution in [2.24, 2.45) is 4.99 Å². The van der Waals surface area contributed by atoms with Crippen LogP contribution in [0.3, 0.4) is 0 Å². The van der Waals surface area contributed by atoms with Crippen LogP contribution in [0, 0.1) is 0 Å². The molecule has 72 valence electrons. The van der Waals surface area contributed by atoms with Crippen molar-refractivity contribution >= 4 is 6.08 Å². The fourth-order valence-corrected chi connectivity index (χ4v) is 1.48. The molecule has 0 radical (unpaired) electrons. The molecule has 0 N–H and O–H groups in total. The predicted octanol–water partition coefficient (Wildman–Crippen LogP) is 1.42. The summed E-state index contributed by atoms with van der Waals surface area (Å²) in [4.78, 5) is 18.1. The van der Waals surface area contributed by atoms with Crippen LogP contribution in [-0.4, -0.2) is 18.2 Å². The third-order valence-electron chi connectivity index (χ3n) is 2.46. The number of carbonyl (C=O) groups excluding carboxylic acids is 1. The van der Waals surface area contributed by atoms with E-state index in [9.17, 15) is 4.79 Å². The Hall–Kier alpha value is -1.67. The van der Waals surface area contributed by atoms with E-state index in [1.807, 2.05) is 12.1 Å². The lowest BCUT2D eigenvalue weighted by Gasteiger charge is -2.08. The Kier molecular flexibility index (Phi) is 2.06. The molecule has 1 saturated carbocycles. The van der Waals surface area contributed by atoms with Crippen molar-refractivity contribution in [3.05, 3.63) is 23.9 Å². The highest BCUT2D eigenvalue weighted by molar-refractivity contribution is 5.41. The van der Waals surface area contributed by atoms with Crippen molar-refractivity contribution in [2.45, 2.75) is 18.4 Å². The van der Waals surface area contributed by atoms with E-state index in [-0.39, 0.29) is 5.54 Å². The Morgan fingerprint density at radius 1 is 1.64 bits per heavy atom. The second-order valence-electron chi connectivity index (χ2n) is 3.32. The number of pyridine rings is 1. The number of isocyanates is 1. The van der Waals surface area contributed by atoms with Gasteiger partial charge in [0.15, 0.2) is 0 Å². The Balaban J connectivity index is 2.36. The van der Waals surface area contributed by atoms with Crippen molar-refractivity contribution in [3.63, 3.8) is 0 Å². The van der Waals surface area contributed by atoms with E-state index in [1.54, 1.807) is 19.4 Å². The van der Waals surface area contributed by atoms with Crippen LogP contribution in [0.1, 0.15) is 18.4 Å². The van der Waals surface area contributed by atoms with Crippen LogP contribution in [0.25, 0.3) is 0 Å². The molecule has 14 heavy (non-hydrogen) atoms. The molecule has 1 aliphatic carbocycles. The molecule has 0 aliphatic heterocycles. The van der Waals surface area contributed by atoms with E-state index in [0.29, 0.717) is 5.88 Å². The summed E-state index contributed by atoms with van der Waals surface area (Å²) in [7, 11) is 1.56. The second-order valence-corrected chi connectivity index (χ2v) is 3.32. The molecule has 0 aromatic carbocycles. The Labute approximate surface area is 81.6 Å². The van der Waals surface area contributed by atoms with Gasteiger partial charge in [-0.1, -0.05) is 0 Å². The first-order valence-electron chi connectivity index (χ1n) is 4.40. The first-order chi connectivity index (χ1) is 6.80. The molecule has 2 rings (SSSR count). The Bertz CT molecular complexity index is 393. The van der Waals surface area contributed by atoms with E-state index < -0.39 is 0 Å². The third kappa shape index (κ3) is 1.40. The second kappa shape index (κ2) is 3.24. The molecule has 0 atom stereocenters. The summed E-state index contributed by atoms with van der Waals surface area (Å²) in [5, 5.41) is 0. The van der Waals surface area contributed by atoms with Gasteiger partial charge in [-0.2, -0.15) is 4.99 Å². The molecule has 1 heterocycles. The van der Waals surface area contributed by atoms with Crippen LogP contribution in [0.2, 0.25) is 0 Å². The van der Waals surface area contributed by atoms with Crippen LogP contribution in [0.4, 0.5) is 0 Å². The van der Waals surface area contributed by atoms with Crippen molar-refractivity contribution in [3.8, 4) is 5.88 Å². The maximum absolute atomic E-state index is 10.2. The van der Waals surface area contributed by atoms with Crippen molar-refractivity contribution in [1.82, 2.24) is 4.98 Å². The predicted molar refractivity (Wildman–Crippen MR) is 49.8 cm³/mol. The number of hydrogen-bond donors (Lipinski definition) is 0. The monoisotopic (exact) mass is 190 g/mol. The van der Waals surface area contributed by atoms with Gasteiger partial charge in [0.25, 0.3) is 0 Å². The molecule has 0 spiro atoms. The molecule has 1 aliphatic rings. The molecule has 0 bridgehead atoms. The van der Waals surface area contributed by atoms with Crippen LogP contribution in [-0.2, 0) is 10.3 Å². The van der Waals surface area contributed by atoms with E-state index in [1.165, 1.54) is 0 Å². The number of nitrogens with zero attached hydrogens (tertiary/aromatic N) is 2. The summed E-state index contributed by atoms with van der Waals surface area (Å²) in [6.07, 6.45) is 5.08. The number of aliphatic imine (C=N–C) groups is 1. The Morgan fingerprint density at radius 2 is 2.43 bits per heavy atom. The first kappa shape index (κ1) is 8.91. The maximum atomic E-state index is 10.2. The zero-order valence-electron chi connectivity index (χ0n) is 7.86. The summed E-state index contributed by atoms with van der Waals surface area (Å²) >= 11 is 0. The summed E-state index contributed by atoms with van der Waals surface area (Å²) in [6, 6.07) is 3.67. The number of ether oxygens (including phenoxy) is 1. The van der Waals surface area contributed by atoms with Gasteiger partial charge in [0.1, 0.15) is 0 Å². The van der Waals surface area contributed by atoms with Gasteiger partial charge in [-0.15, -0.1) is 0 Å². The molecule has 1 aromatic rings. The summed E-state index contributed by atoms with van der Waals surface area (Å²) < 4.78 is 5.00. The molecule has 0 unspecified atom stereocenters. The summed E-state index contributed by atoms with van der Waals surface area (Å²) in [5.41, 5.74) is 0.644. The van der Waals surface area contributed by atoms with E-state index in [4.69, 9.17) is 4.74 Å². The zero-order chi connectivity index (χ0) is 10.0. The lowest BCUT2D eigenvalue weighted by molar-refractivity contribution is 0.396. The van der Waals surface area contributed by atoms with Gasteiger partial charge in [-0.3, -0.25) is 0 Å². The zero-order valence-corrected chi connectivity index (χ0v) is 7.86. The van der Waals surface area contributed by atoms with Crippen LogP contribution in [0.5, 0.6) is 5.88 Å². The van der Waals surface area contributed by atoms with Gasteiger partial charge in [0, 0.05) is 12.3 Å². The lowest BCUT2D eigenvalue weighted by atomic mass is 10.1. The van der Waals surface area contributed by atoms with Gasteiger partial charge in [-0.05, 0) is 24.5 Å². The minimum absolute atomic E-state index is 0.335. The fourth-order valence-electron chi connectivity index (χ4n) is 1.48. The van der Waals surface area contributed by atoms with Crippen LogP contribution in [0.15, 0.2) is 23.3 Å². The molecular weight excluding hydrogens is 180 g/mol. The van der Waals surface area contributed by atoms with Crippen molar-refractivity contribution in [1.29, 1.82) is 0 Å². The van der Waals surface area contributed by atoms with Crippen LogP contribution >= 0.6 is 0 Å². The van der Waals surface area contributed by atoms with E-state index >= 15 is 0 Å². The molecule has 4 nitrogen and oxygen atoms in total. The standard InChI is InChI=1S/C10H10N2O2/c1-14-9-6-8(2-5-11-9)10(3-4-10)12-7-13/h2,5-6H,3-4H2,1H3.